The fourth-order valence-electron chi connectivity index (χ4n) is 4.19. The number of aliphatic hydroxyl groups excluding tert-OH is 2. The van der Waals surface area contributed by atoms with Crippen molar-refractivity contribution in [3.63, 3.8) is 0 Å². The van der Waals surface area contributed by atoms with Gasteiger partial charge in [0.05, 0.1) is 19.3 Å². The molecule has 0 aromatic carbocycles. The molecule has 0 heterocycles. The number of hydrogen-bond donors (Lipinski definition) is 3. The molecule has 3 N–H and O–H groups in total. The van der Waals surface area contributed by atoms with Crippen molar-refractivity contribution in [2.24, 2.45) is 17.8 Å². The molecule has 1 aliphatic carbocycles. The van der Waals surface area contributed by atoms with E-state index in [-0.39, 0.29) is 49.7 Å². The van der Waals surface area contributed by atoms with Crippen LogP contribution in [0.3, 0.4) is 0 Å². The Kier molecular flexibility index (Phi) is 13.8. The summed E-state index contributed by atoms with van der Waals surface area (Å²) in [4.78, 5) is 47.4. The fraction of sp³-hybridized carbons (Fsp3) is 0.760. The summed E-state index contributed by atoms with van der Waals surface area (Å²) < 4.78 is 4.44. The zero-order valence-corrected chi connectivity index (χ0v) is 20.3. The summed E-state index contributed by atoms with van der Waals surface area (Å²) in [6.45, 7) is 4.06. The molecule has 1 saturated carbocycles. The maximum Gasteiger partial charge on any atom is 0.325 e. The molecule has 0 aliphatic heterocycles. The lowest BCUT2D eigenvalue weighted by molar-refractivity contribution is -0.141. The molecule has 0 aromatic rings. The highest BCUT2D eigenvalue weighted by atomic mass is 16.5. The summed E-state index contributed by atoms with van der Waals surface area (Å²) in [5, 5.41) is 23.0. The molecule has 1 rings (SSSR count). The molecule has 8 heteroatoms. The second-order valence-electron chi connectivity index (χ2n) is 9.16. The number of ether oxygens (including phenoxy) is 1. The van der Waals surface area contributed by atoms with Crippen LogP contribution in [0.15, 0.2) is 12.2 Å². The minimum absolute atomic E-state index is 0.0241. The van der Waals surface area contributed by atoms with Crippen LogP contribution in [0.25, 0.3) is 0 Å². The Morgan fingerprint density at radius 2 is 1.91 bits per heavy atom. The number of amides is 1. The Hall–Kier alpha value is -2.06. The lowest BCUT2D eigenvalue weighted by atomic mass is 9.87. The van der Waals surface area contributed by atoms with Crippen molar-refractivity contribution in [1.82, 2.24) is 5.32 Å². The van der Waals surface area contributed by atoms with Crippen LogP contribution >= 0.6 is 0 Å². The second-order valence-corrected chi connectivity index (χ2v) is 9.16. The van der Waals surface area contributed by atoms with Gasteiger partial charge in [-0.1, -0.05) is 45.3 Å². The lowest BCUT2D eigenvalue weighted by Crippen LogP contribution is -2.29. The third-order valence-corrected chi connectivity index (χ3v) is 6.20. The van der Waals surface area contributed by atoms with Gasteiger partial charge in [0.2, 0.25) is 5.91 Å². The summed E-state index contributed by atoms with van der Waals surface area (Å²) in [6, 6.07) is 0. The van der Waals surface area contributed by atoms with Gasteiger partial charge in [-0.15, -0.1) is 0 Å². The summed E-state index contributed by atoms with van der Waals surface area (Å²) in [6.07, 6.45) is 7.32. The van der Waals surface area contributed by atoms with Crippen molar-refractivity contribution in [3.8, 4) is 0 Å². The molecule has 8 nitrogen and oxygen atoms in total. The molecule has 188 valence electrons. The van der Waals surface area contributed by atoms with Crippen molar-refractivity contribution < 1.29 is 34.1 Å². The van der Waals surface area contributed by atoms with E-state index >= 15 is 0 Å². The second kappa shape index (κ2) is 15.7. The van der Waals surface area contributed by atoms with E-state index in [2.05, 4.69) is 23.9 Å². The van der Waals surface area contributed by atoms with Gasteiger partial charge in [0.25, 0.3) is 0 Å². The van der Waals surface area contributed by atoms with Gasteiger partial charge in [-0.25, -0.2) is 0 Å². The molecule has 0 radical (unpaired) electrons. The molecule has 1 unspecified atom stereocenters. The lowest BCUT2D eigenvalue weighted by Gasteiger charge is -2.18. The molecule has 1 amide bonds. The van der Waals surface area contributed by atoms with Crippen molar-refractivity contribution in [1.29, 1.82) is 0 Å². The molecule has 0 saturated heterocycles. The molecule has 1 fully saturated rings. The van der Waals surface area contributed by atoms with Gasteiger partial charge in [-0.3, -0.25) is 19.2 Å². The standard InChI is InChI=1S/C25H41NO7/c1-4-5-8-17(2)13-19(28)11-12-20-21(23(30)15-22(20)29)14-18(27)9-6-7-10-24(31)26-16-25(32)33-3/h11-12,17,19-22,28-29H,4-10,13-16H2,1-3H3,(H,26,31)/b12-11+/t17-,19-,20+,21+,22?/m0/s1. The smallest absolute Gasteiger partial charge is 0.325 e. The Bertz CT molecular complexity index is 676. The highest BCUT2D eigenvalue weighted by Crippen LogP contribution is 2.34. The van der Waals surface area contributed by atoms with Crippen LogP contribution in [0.1, 0.15) is 78.1 Å². The van der Waals surface area contributed by atoms with Crippen molar-refractivity contribution in [3.05, 3.63) is 12.2 Å². The predicted molar refractivity (Wildman–Crippen MR) is 124 cm³/mol. The fourth-order valence-corrected chi connectivity index (χ4v) is 4.19. The molecule has 0 bridgehead atoms. The van der Waals surface area contributed by atoms with E-state index in [4.69, 9.17) is 0 Å². The van der Waals surface area contributed by atoms with Crippen molar-refractivity contribution in [2.75, 3.05) is 13.7 Å². The van der Waals surface area contributed by atoms with Crippen molar-refractivity contribution in [2.45, 2.75) is 90.3 Å². The summed E-state index contributed by atoms with van der Waals surface area (Å²) in [7, 11) is 1.24. The van der Waals surface area contributed by atoms with Gasteiger partial charge in [0, 0.05) is 37.5 Å². The quantitative estimate of drug-likeness (QED) is 0.181. The largest absolute Gasteiger partial charge is 0.468 e. The number of esters is 1. The highest BCUT2D eigenvalue weighted by molar-refractivity contribution is 5.90. The van der Waals surface area contributed by atoms with Gasteiger partial charge in [-0.05, 0) is 25.2 Å². The summed E-state index contributed by atoms with van der Waals surface area (Å²) in [5.74, 6) is -1.66. The molecule has 33 heavy (non-hydrogen) atoms. The van der Waals surface area contributed by atoms with E-state index in [1.165, 1.54) is 7.11 Å². The molecule has 5 atom stereocenters. The van der Waals surface area contributed by atoms with Crippen LogP contribution in [0.2, 0.25) is 0 Å². The van der Waals surface area contributed by atoms with E-state index < -0.39 is 30.0 Å². The summed E-state index contributed by atoms with van der Waals surface area (Å²) in [5.41, 5.74) is 0. The van der Waals surface area contributed by atoms with E-state index in [0.29, 0.717) is 25.2 Å². The SMILES string of the molecule is CCCC[C@H](C)C[C@@H](O)/C=C/[C@H]1C(O)CC(=O)[C@@H]1CC(=O)CCCCC(=O)NCC(=O)OC. The number of carbonyl (C=O) groups excluding carboxylic acids is 4. The minimum atomic E-state index is -0.838. The molecule has 0 spiro atoms. The third-order valence-electron chi connectivity index (χ3n) is 6.20. The van der Waals surface area contributed by atoms with Gasteiger partial charge in [0.15, 0.2) is 0 Å². The van der Waals surface area contributed by atoms with E-state index in [9.17, 15) is 29.4 Å². The number of nitrogens with one attached hydrogen (secondary N) is 1. The molecule has 1 aliphatic rings. The van der Waals surface area contributed by atoms with Crippen LogP contribution in [-0.4, -0.2) is 59.5 Å². The number of hydrogen-bond acceptors (Lipinski definition) is 7. The molecular weight excluding hydrogens is 426 g/mol. The Morgan fingerprint density at radius 3 is 2.58 bits per heavy atom. The van der Waals surface area contributed by atoms with Crippen molar-refractivity contribution >= 4 is 23.4 Å². The van der Waals surface area contributed by atoms with Gasteiger partial charge < -0.3 is 20.3 Å². The number of methoxy groups -OCH3 is 1. The Balaban J connectivity index is 2.44. The van der Waals surface area contributed by atoms with Gasteiger partial charge >= 0.3 is 5.97 Å². The number of rotatable bonds is 16. The number of ketones is 2. The van der Waals surface area contributed by atoms with E-state index in [1.54, 1.807) is 12.2 Å². The van der Waals surface area contributed by atoms with E-state index in [1.807, 2.05) is 0 Å². The van der Waals surface area contributed by atoms with Crippen LogP contribution in [0.4, 0.5) is 0 Å². The minimum Gasteiger partial charge on any atom is -0.468 e. The zero-order chi connectivity index (χ0) is 24.8. The monoisotopic (exact) mass is 467 g/mol. The number of unbranched alkanes of at least 4 members (excludes halogenated alkanes) is 2. The van der Waals surface area contributed by atoms with Crippen LogP contribution in [-0.2, 0) is 23.9 Å². The number of carbonyl (C=O) groups is 4. The normalized spacial score (nSPS) is 22.3. The average molecular weight is 468 g/mol. The summed E-state index contributed by atoms with van der Waals surface area (Å²) >= 11 is 0. The number of Topliss-reactive ketones (excluding diaryl/α,β-unsaturated/α-hetero) is 2. The maximum absolute atomic E-state index is 12.4. The van der Waals surface area contributed by atoms with Crippen LogP contribution < -0.4 is 5.32 Å². The molecule has 0 aromatic heterocycles. The maximum atomic E-state index is 12.4. The van der Waals surface area contributed by atoms with Gasteiger partial charge in [-0.2, -0.15) is 0 Å². The first-order valence-corrected chi connectivity index (χ1v) is 12.1. The van der Waals surface area contributed by atoms with Crippen LogP contribution in [0, 0.1) is 17.8 Å². The average Bonchev–Trinajstić information content (AvgIpc) is 3.03. The first-order chi connectivity index (χ1) is 15.7. The van der Waals surface area contributed by atoms with E-state index in [0.717, 1.165) is 19.3 Å². The zero-order valence-electron chi connectivity index (χ0n) is 20.3. The highest BCUT2D eigenvalue weighted by Gasteiger charge is 2.40. The topological polar surface area (TPSA) is 130 Å². The predicted octanol–water partition coefficient (Wildman–Crippen LogP) is 2.49. The Morgan fingerprint density at radius 1 is 1.21 bits per heavy atom. The van der Waals surface area contributed by atoms with Crippen LogP contribution in [0.5, 0.6) is 0 Å². The number of aliphatic hydroxyl groups is 2. The molecular formula is C25H41NO7. The first-order valence-electron chi connectivity index (χ1n) is 12.1. The Labute approximate surface area is 197 Å². The first kappa shape index (κ1) is 29.0. The third kappa shape index (κ3) is 11.6. The van der Waals surface area contributed by atoms with Gasteiger partial charge in [0.1, 0.15) is 18.1 Å².